The highest BCUT2D eigenvalue weighted by atomic mass is 19.2. The van der Waals surface area contributed by atoms with E-state index in [1.807, 2.05) is 0 Å². The number of hydrogen-bond acceptors (Lipinski definition) is 4. The van der Waals surface area contributed by atoms with Crippen LogP contribution in [-0.2, 0) is 22.6 Å². The molecule has 1 atom stereocenters. The molecule has 1 aliphatic heterocycles. The summed E-state index contributed by atoms with van der Waals surface area (Å²) in [6, 6.07) is -0.419. The van der Waals surface area contributed by atoms with Gasteiger partial charge in [-0.05, 0) is 11.5 Å². The molecular weight excluding hydrogens is 401 g/mol. The molecule has 2 aromatic rings. The Morgan fingerprint density at radius 1 is 1.17 bits per heavy atom. The Bertz CT molecular complexity index is 998. The highest BCUT2D eigenvalue weighted by Crippen LogP contribution is 2.32. The van der Waals surface area contributed by atoms with Crippen LogP contribution in [0.3, 0.4) is 0 Å². The van der Waals surface area contributed by atoms with Crippen LogP contribution in [0.15, 0.2) is 12.1 Å². The number of rotatable bonds is 3. The van der Waals surface area contributed by atoms with Crippen LogP contribution in [0.1, 0.15) is 32.0 Å². The summed E-state index contributed by atoms with van der Waals surface area (Å²) in [6.07, 6.45) is 0.307. The van der Waals surface area contributed by atoms with Crippen molar-refractivity contribution in [2.75, 3.05) is 13.7 Å². The summed E-state index contributed by atoms with van der Waals surface area (Å²) in [4.78, 5) is 25.2. The molecule has 1 aromatic carbocycles. The number of aromatic nitrogens is 2. The molecule has 2 amide bonds. The van der Waals surface area contributed by atoms with Crippen molar-refractivity contribution in [1.82, 2.24) is 20.4 Å². The lowest BCUT2D eigenvalue weighted by Crippen LogP contribution is -2.54. The summed E-state index contributed by atoms with van der Waals surface area (Å²) < 4.78 is 47.9. The van der Waals surface area contributed by atoms with Gasteiger partial charge in [-0.15, -0.1) is 0 Å². The maximum Gasteiger partial charge on any atom is 0.343 e. The van der Waals surface area contributed by atoms with E-state index in [1.165, 1.54) is 7.05 Å². The maximum absolute atomic E-state index is 14.4. The third kappa shape index (κ3) is 4.04. The van der Waals surface area contributed by atoms with Gasteiger partial charge in [0.15, 0.2) is 11.6 Å². The van der Waals surface area contributed by atoms with Crippen molar-refractivity contribution >= 4 is 11.9 Å². The lowest BCUT2D eigenvalue weighted by molar-refractivity contribution is -0.124. The highest BCUT2D eigenvalue weighted by molar-refractivity contribution is 5.88. The van der Waals surface area contributed by atoms with Crippen LogP contribution in [0.25, 0.3) is 11.3 Å². The summed E-state index contributed by atoms with van der Waals surface area (Å²) in [5.74, 6) is -3.95. The Morgan fingerprint density at radius 3 is 2.47 bits per heavy atom. The minimum Gasteiger partial charge on any atom is -0.376 e. The van der Waals surface area contributed by atoms with E-state index in [0.717, 1.165) is 4.68 Å². The van der Waals surface area contributed by atoms with Gasteiger partial charge in [-0.3, -0.25) is 4.79 Å². The molecule has 0 unspecified atom stereocenters. The first-order valence-corrected chi connectivity index (χ1v) is 9.40. The molecule has 2 heterocycles. The lowest BCUT2D eigenvalue weighted by Gasteiger charge is -2.29. The van der Waals surface area contributed by atoms with E-state index >= 15 is 0 Å². The summed E-state index contributed by atoms with van der Waals surface area (Å²) >= 11 is 0. The van der Waals surface area contributed by atoms with Crippen LogP contribution in [0.4, 0.5) is 18.0 Å². The van der Waals surface area contributed by atoms with Gasteiger partial charge in [0, 0.05) is 30.7 Å². The quantitative estimate of drug-likeness (QED) is 0.742. The van der Waals surface area contributed by atoms with Crippen molar-refractivity contribution < 1.29 is 27.5 Å². The molecule has 7 nitrogen and oxygen atoms in total. The van der Waals surface area contributed by atoms with E-state index in [-0.39, 0.29) is 23.8 Å². The van der Waals surface area contributed by atoms with E-state index in [4.69, 9.17) is 4.74 Å². The zero-order chi connectivity index (χ0) is 22.2. The Morgan fingerprint density at radius 2 is 1.83 bits per heavy atom. The molecule has 0 bridgehead atoms. The van der Waals surface area contributed by atoms with Crippen molar-refractivity contribution in [1.29, 1.82) is 0 Å². The second kappa shape index (κ2) is 8.10. The largest absolute Gasteiger partial charge is 0.376 e. The average Bonchev–Trinajstić information content (AvgIpc) is 3.07. The van der Waals surface area contributed by atoms with Crippen LogP contribution in [0, 0.1) is 22.9 Å². The number of carbonyl (C=O) groups excluding carboxylic acids is 2. The van der Waals surface area contributed by atoms with Gasteiger partial charge in [-0.25, -0.2) is 18.0 Å². The molecule has 0 saturated carbocycles. The van der Waals surface area contributed by atoms with Gasteiger partial charge in [0.2, 0.25) is 5.91 Å². The molecule has 0 aliphatic carbocycles. The Kier molecular flexibility index (Phi) is 5.89. The summed E-state index contributed by atoms with van der Waals surface area (Å²) in [5.41, 5.74) is -0.0124. The van der Waals surface area contributed by atoms with Gasteiger partial charge in [-0.2, -0.15) is 9.78 Å². The molecule has 162 valence electrons. The number of hydrogen-bond donors (Lipinski definition) is 2. The molecular formula is C20H23F3N4O3. The van der Waals surface area contributed by atoms with Crippen molar-refractivity contribution in [2.24, 2.45) is 5.41 Å². The van der Waals surface area contributed by atoms with Gasteiger partial charge in [-0.1, -0.05) is 20.8 Å². The first-order valence-electron chi connectivity index (χ1n) is 9.40. The van der Waals surface area contributed by atoms with Gasteiger partial charge >= 0.3 is 6.03 Å². The number of nitrogens with zero attached hydrogens (tertiary/aromatic N) is 2. The van der Waals surface area contributed by atoms with Gasteiger partial charge < -0.3 is 15.4 Å². The molecule has 1 aliphatic rings. The predicted octanol–water partition coefficient (Wildman–Crippen LogP) is 2.76. The zero-order valence-electron chi connectivity index (χ0n) is 17.1. The number of amides is 2. The van der Waals surface area contributed by atoms with Crippen LogP contribution in [0.2, 0.25) is 0 Å². The fourth-order valence-electron chi connectivity index (χ4n) is 3.33. The minimum atomic E-state index is -1.32. The van der Waals surface area contributed by atoms with Crippen molar-refractivity contribution in [2.45, 2.75) is 39.8 Å². The summed E-state index contributed by atoms with van der Waals surface area (Å²) in [6.45, 7) is 5.73. The molecule has 1 aromatic heterocycles. The molecule has 30 heavy (non-hydrogen) atoms. The number of ether oxygens (including phenoxy) is 1. The molecule has 0 spiro atoms. The third-order valence-electron chi connectivity index (χ3n) is 4.92. The highest BCUT2D eigenvalue weighted by Gasteiger charge is 2.34. The number of halogens is 3. The fraction of sp³-hybridized carbons (Fsp3) is 0.450. The third-order valence-corrected chi connectivity index (χ3v) is 4.92. The van der Waals surface area contributed by atoms with E-state index < -0.39 is 34.9 Å². The zero-order valence-corrected chi connectivity index (χ0v) is 17.1. The molecule has 2 N–H and O–H groups in total. The van der Waals surface area contributed by atoms with Crippen LogP contribution in [0.5, 0.6) is 0 Å². The molecule has 0 saturated heterocycles. The maximum atomic E-state index is 14.4. The van der Waals surface area contributed by atoms with Gasteiger partial charge in [0.1, 0.15) is 17.6 Å². The standard InChI is InChI=1S/C20H23F3N4O3/c1-20(2,3)17(18(28)24-4)25-19(29)27-15-5-6-30-9-11(15)16(26-27)10-7-13(22)14(23)8-12(10)21/h7-8,17H,5-6,9H2,1-4H3,(H,24,28)(H,25,29)/t17-/m1/s1. The van der Waals surface area contributed by atoms with Crippen molar-refractivity contribution in [3.05, 3.63) is 40.8 Å². The second-order valence-corrected chi connectivity index (χ2v) is 8.10. The number of fused-ring (bicyclic) bond motifs is 1. The van der Waals surface area contributed by atoms with E-state index in [2.05, 4.69) is 15.7 Å². The van der Waals surface area contributed by atoms with E-state index in [1.54, 1.807) is 20.8 Å². The Balaban J connectivity index is 2.06. The number of likely N-dealkylation sites (N-methyl/N-ethyl adjacent to an activating group) is 1. The van der Waals surface area contributed by atoms with Crippen LogP contribution in [-0.4, -0.2) is 41.4 Å². The lowest BCUT2D eigenvalue weighted by atomic mass is 9.86. The topological polar surface area (TPSA) is 85.3 Å². The van der Waals surface area contributed by atoms with E-state index in [0.29, 0.717) is 36.4 Å². The Hall–Kier alpha value is -2.88. The first-order chi connectivity index (χ1) is 14.0. The number of benzene rings is 1. The molecule has 3 rings (SSSR count). The van der Waals surface area contributed by atoms with E-state index in [9.17, 15) is 22.8 Å². The monoisotopic (exact) mass is 424 g/mol. The fourth-order valence-corrected chi connectivity index (χ4v) is 3.33. The van der Waals surface area contributed by atoms with Crippen LogP contribution >= 0.6 is 0 Å². The first kappa shape index (κ1) is 21.8. The van der Waals surface area contributed by atoms with Crippen molar-refractivity contribution in [3.8, 4) is 11.3 Å². The minimum absolute atomic E-state index is 0.0106. The molecule has 10 heteroatoms. The average molecular weight is 424 g/mol. The predicted molar refractivity (Wildman–Crippen MR) is 102 cm³/mol. The summed E-state index contributed by atoms with van der Waals surface area (Å²) in [5, 5.41) is 9.34. The van der Waals surface area contributed by atoms with Crippen LogP contribution < -0.4 is 10.6 Å². The Labute approximate surface area is 171 Å². The second-order valence-electron chi connectivity index (χ2n) is 8.10. The smallest absolute Gasteiger partial charge is 0.343 e. The molecule has 0 radical (unpaired) electrons. The SMILES string of the molecule is CNC(=O)[C@@H](NC(=O)n1nc(-c2cc(F)c(F)cc2F)c2c1CCOC2)C(C)(C)C. The number of nitrogens with one attached hydrogen (secondary N) is 2. The van der Waals surface area contributed by atoms with Gasteiger partial charge in [0.25, 0.3) is 0 Å². The summed E-state index contributed by atoms with van der Waals surface area (Å²) in [7, 11) is 1.46. The van der Waals surface area contributed by atoms with Crippen molar-refractivity contribution in [3.63, 3.8) is 0 Å². The number of carbonyl (C=O) groups is 2. The van der Waals surface area contributed by atoms with Gasteiger partial charge in [0.05, 0.1) is 18.9 Å². The normalized spacial score (nSPS) is 14.8. The molecule has 0 fully saturated rings.